The highest BCUT2D eigenvalue weighted by atomic mass is 16.2. The second-order valence-corrected chi connectivity index (χ2v) is 5.67. The van der Waals surface area contributed by atoms with Crippen LogP contribution in [-0.4, -0.2) is 27.9 Å². The molecule has 1 saturated heterocycles. The Labute approximate surface area is 114 Å². The van der Waals surface area contributed by atoms with E-state index in [0.717, 1.165) is 24.8 Å². The third-order valence-electron chi connectivity index (χ3n) is 4.45. The molecule has 0 spiro atoms. The van der Waals surface area contributed by atoms with E-state index in [4.69, 9.17) is 5.73 Å². The normalized spacial score (nSPS) is 28.9. The standard InChI is InChI=1S/C15H21N3O/c16-13-5-6-14(19)18(12-3-1-2-4-12)15(13)11-7-9-17-10-8-11/h7-10,12-13,15H,1-6,16H2. The first-order chi connectivity index (χ1) is 9.27. The lowest BCUT2D eigenvalue weighted by molar-refractivity contribution is -0.140. The molecule has 0 aromatic carbocycles. The molecule has 2 atom stereocenters. The molecule has 1 amide bonds. The van der Waals surface area contributed by atoms with Crippen LogP contribution in [0.1, 0.15) is 50.1 Å². The van der Waals surface area contributed by atoms with Crippen molar-refractivity contribution in [1.29, 1.82) is 0 Å². The van der Waals surface area contributed by atoms with Gasteiger partial charge in [0.15, 0.2) is 0 Å². The van der Waals surface area contributed by atoms with Crippen molar-refractivity contribution in [2.45, 2.75) is 56.7 Å². The third kappa shape index (κ3) is 2.37. The highest BCUT2D eigenvalue weighted by Gasteiger charge is 2.39. The van der Waals surface area contributed by atoms with Crippen molar-refractivity contribution in [3.63, 3.8) is 0 Å². The summed E-state index contributed by atoms with van der Waals surface area (Å²) in [5, 5.41) is 0. The lowest BCUT2D eigenvalue weighted by atomic mass is 9.89. The van der Waals surface area contributed by atoms with Gasteiger partial charge in [-0.3, -0.25) is 9.78 Å². The van der Waals surface area contributed by atoms with Crippen LogP contribution in [0, 0.1) is 0 Å². The first kappa shape index (κ1) is 12.6. The van der Waals surface area contributed by atoms with Crippen molar-refractivity contribution in [3.05, 3.63) is 30.1 Å². The van der Waals surface area contributed by atoms with E-state index in [-0.39, 0.29) is 18.0 Å². The molecule has 2 heterocycles. The number of rotatable bonds is 2. The summed E-state index contributed by atoms with van der Waals surface area (Å²) in [5.74, 6) is 0.274. The van der Waals surface area contributed by atoms with Crippen LogP contribution in [0.3, 0.4) is 0 Å². The Morgan fingerprint density at radius 3 is 2.53 bits per heavy atom. The van der Waals surface area contributed by atoms with Gasteiger partial charge in [-0.2, -0.15) is 0 Å². The van der Waals surface area contributed by atoms with Crippen LogP contribution in [-0.2, 0) is 4.79 Å². The SMILES string of the molecule is NC1CCC(=O)N(C2CCCC2)C1c1ccncc1. The van der Waals surface area contributed by atoms with Gasteiger partial charge in [0.05, 0.1) is 6.04 Å². The number of piperidine rings is 1. The zero-order chi connectivity index (χ0) is 13.2. The maximum Gasteiger partial charge on any atom is 0.223 e. The Kier molecular flexibility index (Phi) is 3.51. The molecule has 1 aromatic rings. The fraction of sp³-hybridized carbons (Fsp3) is 0.600. The monoisotopic (exact) mass is 259 g/mol. The van der Waals surface area contributed by atoms with Gasteiger partial charge in [-0.1, -0.05) is 12.8 Å². The molecule has 4 nitrogen and oxygen atoms in total. The molecule has 2 fully saturated rings. The van der Waals surface area contributed by atoms with Gasteiger partial charge < -0.3 is 10.6 Å². The predicted octanol–water partition coefficient (Wildman–Crippen LogP) is 2.01. The molecule has 1 aromatic heterocycles. The van der Waals surface area contributed by atoms with Gasteiger partial charge in [0.25, 0.3) is 0 Å². The first-order valence-corrected chi connectivity index (χ1v) is 7.24. The van der Waals surface area contributed by atoms with E-state index in [1.807, 2.05) is 12.1 Å². The smallest absolute Gasteiger partial charge is 0.223 e. The van der Waals surface area contributed by atoms with Crippen LogP contribution >= 0.6 is 0 Å². The minimum Gasteiger partial charge on any atom is -0.331 e. The molecule has 2 unspecified atom stereocenters. The molecule has 1 aliphatic heterocycles. The largest absolute Gasteiger partial charge is 0.331 e. The summed E-state index contributed by atoms with van der Waals surface area (Å²) < 4.78 is 0. The van der Waals surface area contributed by atoms with Crippen molar-refractivity contribution >= 4 is 5.91 Å². The summed E-state index contributed by atoms with van der Waals surface area (Å²) in [5.41, 5.74) is 7.44. The fourth-order valence-electron chi connectivity index (χ4n) is 3.52. The van der Waals surface area contributed by atoms with Gasteiger partial charge in [0, 0.05) is 30.9 Å². The van der Waals surface area contributed by atoms with Gasteiger partial charge in [-0.25, -0.2) is 0 Å². The Balaban J connectivity index is 1.93. The molecule has 2 aliphatic rings. The van der Waals surface area contributed by atoms with Gasteiger partial charge in [-0.05, 0) is 37.0 Å². The van der Waals surface area contributed by atoms with Gasteiger partial charge in [0.2, 0.25) is 5.91 Å². The summed E-state index contributed by atoms with van der Waals surface area (Å²) in [6.45, 7) is 0. The van der Waals surface area contributed by atoms with Gasteiger partial charge in [0.1, 0.15) is 0 Å². The maximum atomic E-state index is 12.4. The van der Waals surface area contributed by atoms with Gasteiger partial charge >= 0.3 is 0 Å². The van der Waals surface area contributed by atoms with Crippen LogP contribution in [0.5, 0.6) is 0 Å². The number of carbonyl (C=O) groups excluding carboxylic acids is 1. The van der Waals surface area contributed by atoms with Crippen molar-refractivity contribution in [3.8, 4) is 0 Å². The number of nitrogens with zero attached hydrogens (tertiary/aromatic N) is 2. The fourth-order valence-corrected chi connectivity index (χ4v) is 3.52. The second kappa shape index (κ2) is 5.29. The molecule has 0 bridgehead atoms. The summed E-state index contributed by atoms with van der Waals surface area (Å²) in [7, 11) is 0. The number of nitrogens with two attached hydrogens (primary N) is 1. The summed E-state index contributed by atoms with van der Waals surface area (Å²) >= 11 is 0. The summed E-state index contributed by atoms with van der Waals surface area (Å²) in [6.07, 6.45) is 9.66. The van der Waals surface area contributed by atoms with E-state index in [0.29, 0.717) is 12.5 Å². The number of amides is 1. The molecular formula is C15H21N3O. The minimum absolute atomic E-state index is 0.0346. The topological polar surface area (TPSA) is 59.2 Å². The number of pyridine rings is 1. The van der Waals surface area contributed by atoms with Crippen molar-refractivity contribution < 1.29 is 4.79 Å². The molecule has 3 rings (SSSR count). The van der Waals surface area contributed by atoms with Crippen LogP contribution in [0.15, 0.2) is 24.5 Å². The lowest BCUT2D eigenvalue weighted by Gasteiger charge is -2.43. The Morgan fingerprint density at radius 1 is 1.16 bits per heavy atom. The summed E-state index contributed by atoms with van der Waals surface area (Å²) in [4.78, 5) is 18.5. The van der Waals surface area contributed by atoms with E-state index in [9.17, 15) is 4.79 Å². The highest BCUT2D eigenvalue weighted by Crippen LogP contribution is 2.37. The van der Waals surface area contributed by atoms with E-state index >= 15 is 0 Å². The molecule has 19 heavy (non-hydrogen) atoms. The van der Waals surface area contributed by atoms with Crippen LogP contribution in [0.2, 0.25) is 0 Å². The van der Waals surface area contributed by atoms with E-state index in [2.05, 4.69) is 9.88 Å². The van der Waals surface area contributed by atoms with E-state index in [1.165, 1.54) is 12.8 Å². The number of carbonyl (C=O) groups is 1. The summed E-state index contributed by atoms with van der Waals surface area (Å²) in [6, 6.07) is 4.45. The van der Waals surface area contributed by atoms with Crippen molar-refractivity contribution in [2.24, 2.45) is 5.73 Å². The zero-order valence-electron chi connectivity index (χ0n) is 11.2. The van der Waals surface area contributed by atoms with Crippen molar-refractivity contribution in [2.75, 3.05) is 0 Å². The Morgan fingerprint density at radius 2 is 1.84 bits per heavy atom. The van der Waals surface area contributed by atoms with E-state index < -0.39 is 0 Å². The molecule has 2 N–H and O–H groups in total. The molecule has 4 heteroatoms. The second-order valence-electron chi connectivity index (χ2n) is 5.67. The average molecular weight is 259 g/mol. The van der Waals surface area contributed by atoms with Crippen LogP contribution in [0.25, 0.3) is 0 Å². The first-order valence-electron chi connectivity index (χ1n) is 7.24. The average Bonchev–Trinajstić information content (AvgIpc) is 2.96. The maximum absolute atomic E-state index is 12.4. The third-order valence-corrected chi connectivity index (χ3v) is 4.45. The molecule has 1 saturated carbocycles. The van der Waals surface area contributed by atoms with Crippen LogP contribution in [0.4, 0.5) is 0 Å². The molecule has 0 radical (unpaired) electrons. The number of likely N-dealkylation sites (tertiary alicyclic amines) is 1. The molecular weight excluding hydrogens is 238 g/mol. The lowest BCUT2D eigenvalue weighted by Crippen LogP contribution is -2.52. The Bertz CT molecular complexity index is 442. The number of hydrogen-bond donors (Lipinski definition) is 1. The highest BCUT2D eigenvalue weighted by molar-refractivity contribution is 5.78. The Hall–Kier alpha value is -1.42. The number of hydrogen-bond acceptors (Lipinski definition) is 3. The number of aromatic nitrogens is 1. The minimum atomic E-state index is 0.0346. The molecule has 102 valence electrons. The molecule has 1 aliphatic carbocycles. The van der Waals surface area contributed by atoms with Crippen LogP contribution < -0.4 is 5.73 Å². The van der Waals surface area contributed by atoms with Gasteiger partial charge in [-0.15, -0.1) is 0 Å². The quantitative estimate of drug-likeness (QED) is 0.884. The zero-order valence-corrected chi connectivity index (χ0v) is 11.2. The predicted molar refractivity (Wildman–Crippen MR) is 73.3 cm³/mol. The van der Waals surface area contributed by atoms with E-state index in [1.54, 1.807) is 12.4 Å². The van der Waals surface area contributed by atoms with Crippen molar-refractivity contribution in [1.82, 2.24) is 9.88 Å².